The maximum atomic E-state index is 12.5. The van der Waals surface area contributed by atoms with E-state index in [0.717, 1.165) is 31.4 Å². The van der Waals surface area contributed by atoms with Gasteiger partial charge in [0.2, 0.25) is 0 Å². The SMILES string of the molecule is O=C(NCc1ccc(C(F)F)cc1)NC1CCOCC12CCCC2. The minimum absolute atomic E-state index is 0.00594. The Morgan fingerprint density at radius 1 is 1.25 bits per heavy atom. The highest BCUT2D eigenvalue weighted by molar-refractivity contribution is 5.74. The molecule has 1 aliphatic carbocycles. The van der Waals surface area contributed by atoms with E-state index >= 15 is 0 Å². The molecule has 1 spiro atoms. The van der Waals surface area contributed by atoms with Crippen molar-refractivity contribution in [2.24, 2.45) is 5.41 Å². The zero-order valence-corrected chi connectivity index (χ0v) is 13.7. The molecule has 4 nitrogen and oxygen atoms in total. The van der Waals surface area contributed by atoms with Gasteiger partial charge in [0.05, 0.1) is 6.61 Å². The molecule has 0 radical (unpaired) electrons. The maximum absolute atomic E-state index is 12.5. The molecule has 2 aliphatic rings. The first-order chi connectivity index (χ1) is 11.6. The van der Waals surface area contributed by atoms with Gasteiger partial charge in [0.1, 0.15) is 0 Å². The first-order valence-electron chi connectivity index (χ1n) is 8.58. The number of carbonyl (C=O) groups excluding carboxylic acids is 1. The zero-order chi connectivity index (χ0) is 17.0. The molecule has 1 atom stereocenters. The predicted octanol–water partition coefficient (Wildman–Crippen LogP) is 3.77. The molecule has 2 amide bonds. The van der Waals surface area contributed by atoms with Crippen molar-refractivity contribution in [3.8, 4) is 0 Å². The molecule has 1 aromatic carbocycles. The molecule has 3 rings (SSSR count). The summed E-state index contributed by atoms with van der Waals surface area (Å²) >= 11 is 0. The third-order valence-corrected chi connectivity index (χ3v) is 5.27. The zero-order valence-electron chi connectivity index (χ0n) is 13.7. The monoisotopic (exact) mass is 338 g/mol. The fourth-order valence-electron chi connectivity index (χ4n) is 3.85. The second-order valence-electron chi connectivity index (χ2n) is 6.83. The van der Waals surface area contributed by atoms with E-state index in [9.17, 15) is 13.6 Å². The highest BCUT2D eigenvalue weighted by Crippen LogP contribution is 2.44. The van der Waals surface area contributed by atoms with Gasteiger partial charge in [0.15, 0.2) is 0 Å². The molecule has 1 unspecified atom stereocenters. The van der Waals surface area contributed by atoms with Crippen LogP contribution in [0.4, 0.5) is 13.6 Å². The molecule has 1 aliphatic heterocycles. The first kappa shape index (κ1) is 17.1. The predicted molar refractivity (Wildman–Crippen MR) is 86.9 cm³/mol. The van der Waals surface area contributed by atoms with Crippen LogP contribution in [0, 0.1) is 5.41 Å². The van der Waals surface area contributed by atoms with Crippen LogP contribution in [0.25, 0.3) is 0 Å². The summed E-state index contributed by atoms with van der Waals surface area (Å²) in [6.07, 6.45) is 2.97. The standard InChI is InChI=1S/C18H24F2N2O2/c19-16(20)14-5-3-13(4-6-14)11-21-17(23)22-15-7-10-24-12-18(15)8-1-2-9-18/h3-6,15-16H,1-2,7-12H2,(H2,21,22,23). The Hall–Kier alpha value is -1.69. The molecule has 0 aromatic heterocycles. The number of ether oxygens (including phenoxy) is 1. The van der Waals surface area contributed by atoms with Gasteiger partial charge in [0.25, 0.3) is 6.43 Å². The van der Waals surface area contributed by atoms with E-state index in [1.54, 1.807) is 12.1 Å². The second-order valence-corrected chi connectivity index (χ2v) is 6.83. The van der Waals surface area contributed by atoms with Crippen molar-refractivity contribution in [1.82, 2.24) is 10.6 Å². The fraction of sp³-hybridized carbons (Fsp3) is 0.611. The Morgan fingerprint density at radius 3 is 2.62 bits per heavy atom. The highest BCUT2D eigenvalue weighted by atomic mass is 19.3. The van der Waals surface area contributed by atoms with Crippen LogP contribution >= 0.6 is 0 Å². The van der Waals surface area contributed by atoms with Gasteiger partial charge in [-0.15, -0.1) is 0 Å². The minimum Gasteiger partial charge on any atom is -0.381 e. The van der Waals surface area contributed by atoms with Crippen LogP contribution in [0.1, 0.15) is 49.7 Å². The van der Waals surface area contributed by atoms with Crippen molar-refractivity contribution < 1.29 is 18.3 Å². The van der Waals surface area contributed by atoms with Crippen LogP contribution in [0.3, 0.4) is 0 Å². The summed E-state index contributed by atoms with van der Waals surface area (Å²) in [4.78, 5) is 12.2. The number of urea groups is 1. The van der Waals surface area contributed by atoms with Crippen molar-refractivity contribution in [3.05, 3.63) is 35.4 Å². The summed E-state index contributed by atoms with van der Waals surface area (Å²) in [5.74, 6) is 0. The number of alkyl halides is 2. The number of hydrogen-bond donors (Lipinski definition) is 2. The van der Waals surface area contributed by atoms with Gasteiger partial charge in [-0.05, 0) is 24.8 Å². The molecule has 1 aromatic rings. The van der Waals surface area contributed by atoms with E-state index in [0.29, 0.717) is 13.2 Å². The maximum Gasteiger partial charge on any atom is 0.315 e. The van der Waals surface area contributed by atoms with Gasteiger partial charge >= 0.3 is 6.03 Å². The summed E-state index contributed by atoms with van der Waals surface area (Å²) in [7, 11) is 0. The minimum atomic E-state index is -2.47. The topological polar surface area (TPSA) is 50.4 Å². The quantitative estimate of drug-likeness (QED) is 0.878. The lowest BCUT2D eigenvalue weighted by Gasteiger charge is -2.41. The molecule has 2 N–H and O–H groups in total. The van der Waals surface area contributed by atoms with Crippen molar-refractivity contribution in [2.75, 3.05) is 13.2 Å². The van der Waals surface area contributed by atoms with E-state index in [4.69, 9.17) is 4.74 Å². The van der Waals surface area contributed by atoms with Gasteiger partial charge in [-0.25, -0.2) is 13.6 Å². The molecule has 0 bridgehead atoms. The number of carbonyl (C=O) groups is 1. The number of amides is 2. The highest BCUT2D eigenvalue weighted by Gasteiger charge is 2.44. The summed E-state index contributed by atoms with van der Waals surface area (Å²) in [6.45, 7) is 1.74. The third kappa shape index (κ3) is 3.86. The Balaban J connectivity index is 1.51. The van der Waals surface area contributed by atoms with E-state index in [2.05, 4.69) is 10.6 Å². The van der Waals surface area contributed by atoms with Gasteiger partial charge in [-0.1, -0.05) is 37.1 Å². The Labute approximate surface area is 141 Å². The number of benzene rings is 1. The van der Waals surface area contributed by atoms with Gasteiger partial charge < -0.3 is 15.4 Å². The van der Waals surface area contributed by atoms with E-state index in [-0.39, 0.29) is 23.1 Å². The Kier molecular flexibility index (Phi) is 5.33. The van der Waals surface area contributed by atoms with E-state index < -0.39 is 6.43 Å². The molecule has 1 saturated carbocycles. The van der Waals surface area contributed by atoms with Crippen molar-refractivity contribution in [1.29, 1.82) is 0 Å². The lowest BCUT2D eigenvalue weighted by Crippen LogP contribution is -2.54. The summed E-state index contributed by atoms with van der Waals surface area (Å²) in [5, 5.41) is 5.92. The molecule has 6 heteroatoms. The Bertz CT molecular complexity index is 557. The van der Waals surface area contributed by atoms with Gasteiger partial charge in [-0.3, -0.25) is 0 Å². The molecule has 1 saturated heterocycles. The number of hydrogen-bond acceptors (Lipinski definition) is 2. The van der Waals surface area contributed by atoms with Crippen molar-refractivity contribution >= 4 is 6.03 Å². The van der Waals surface area contributed by atoms with Crippen LogP contribution in [0.5, 0.6) is 0 Å². The van der Waals surface area contributed by atoms with Crippen LogP contribution in [-0.4, -0.2) is 25.3 Å². The van der Waals surface area contributed by atoms with Crippen LogP contribution < -0.4 is 10.6 Å². The third-order valence-electron chi connectivity index (χ3n) is 5.27. The van der Waals surface area contributed by atoms with Crippen LogP contribution in [0.2, 0.25) is 0 Å². The van der Waals surface area contributed by atoms with Crippen LogP contribution in [0.15, 0.2) is 24.3 Å². The molecule has 24 heavy (non-hydrogen) atoms. The number of halogens is 2. The fourth-order valence-corrected chi connectivity index (χ4v) is 3.85. The summed E-state index contributed by atoms with van der Waals surface area (Å²) in [5.41, 5.74) is 0.889. The summed E-state index contributed by atoms with van der Waals surface area (Å²) in [6, 6.07) is 5.97. The molecular weight excluding hydrogens is 314 g/mol. The molecular formula is C18H24F2N2O2. The number of rotatable bonds is 4. The van der Waals surface area contributed by atoms with E-state index in [1.165, 1.54) is 25.0 Å². The average Bonchev–Trinajstić information content (AvgIpc) is 3.05. The van der Waals surface area contributed by atoms with Crippen LogP contribution in [-0.2, 0) is 11.3 Å². The van der Waals surface area contributed by atoms with Crippen molar-refractivity contribution in [3.63, 3.8) is 0 Å². The molecule has 1 heterocycles. The molecule has 2 fully saturated rings. The smallest absolute Gasteiger partial charge is 0.315 e. The Morgan fingerprint density at radius 2 is 1.96 bits per heavy atom. The normalized spacial score (nSPS) is 22.7. The number of nitrogens with one attached hydrogen (secondary N) is 2. The lowest BCUT2D eigenvalue weighted by atomic mass is 9.76. The van der Waals surface area contributed by atoms with Gasteiger partial charge in [-0.2, -0.15) is 0 Å². The summed E-state index contributed by atoms with van der Waals surface area (Å²) < 4.78 is 30.7. The van der Waals surface area contributed by atoms with E-state index in [1.807, 2.05) is 0 Å². The van der Waals surface area contributed by atoms with Crippen molar-refractivity contribution in [2.45, 2.75) is 51.1 Å². The van der Waals surface area contributed by atoms with Gasteiger partial charge in [0, 0.05) is 30.2 Å². The molecule has 132 valence electrons. The second kappa shape index (κ2) is 7.47. The largest absolute Gasteiger partial charge is 0.381 e. The first-order valence-corrected chi connectivity index (χ1v) is 8.58. The average molecular weight is 338 g/mol. The lowest BCUT2D eigenvalue weighted by molar-refractivity contribution is -0.0264.